The van der Waals surface area contributed by atoms with Crippen LogP contribution in [-0.2, 0) is 17.6 Å². The Bertz CT molecular complexity index is 531. The zero-order valence-electron chi connectivity index (χ0n) is 10.1. The minimum atomic E-state index is -0.867. The van der Waals surface area contributed by atoms with Crippen LogP contribution in [0.2, 0.25) is 0 Å². The van der Waals surface area contributed by atoms with E-state index < -0.39 is 5.97 Å². The summed E-state index contributed by atoms with van der Waals surface area (Å²) < 4.78 is 4.99. The van der Waals surface area contributed by atoms with Gasteiger partial charge in [-0.1, -0.05) is 35.0 Å². The Kier molecular flexibility index (Phi) is 3.72. The normalized spacial score (nSPS) is 10.5. The number of aromatic nitrogens is 2. The van der Waals surface area contributed by atoms with E-state index in [-0.39, 0.29) is 12.8 Å². The Labute approximate surface area is 104 Å². The fourth-order valence-corrected chi connectivity index (χ4v) is 1.57. The minimum absolute atomic E-state index is 0.00612. The fourth-order valence-electron chi connectivity index (χ4n) is 1.57. The second-order valence-electron chi connectivity index (χ2n) is 4.16. The van der Waals surface area contributed by atoms with Crippen molar-refractivity contribution in [2.75, 3.05) is 0 Å². The maximum Gasteiger partial charge on any atom is 0.303 e. The number of carboxylic acids is 1. The van der Waals surface area contributed by atoms with Crippen LogP contribution in [0, 0.1) is 6.92 Å². The molecular formula is C13H14N2O3. The van der Waals surface area contributed by atoms with Crippen LogP contribution < -0.4 is 0 Å². The first-order chi connectivity index (χ1) is 8.63. The summed E-state index contributed by atoms with van der Waals surface area (Å²) in [6.45, 7) is 2.03. The summed E-state index contributed by atoms with van der Waals surface area (Å²) >= 11 is 0. The average Bonchev–Trinajstić information content (AvgIpc) is 2.77. The molecular weight excluding hydrogens is 232 g/mol. The summed E-state index contributed by atoms with van der Waals surface area (Å²) in [6, 6.07) is 8.09. The number of benzene rings is 1. The van der Waals surface area contributed by atoms with E-state index in [0.717, 1.165) is 5.56 Å². The summed E-state index contributed by atoms with van der Waals surface area (Å²) in [4.78, 5) is 14.6. The third kappa shape index (κ3) is 3.41. The molecule has 1 aromatic carbocycles. The van der Waals surface area contributed by atoms with Crippen molar-refractivity contribution in [1.29, 1.82) is 0 Å². The van der Waals surface area contributed by atoms with Crippen LogP contribution in [0.5, 0.6) is 0 Å². The van der Waals surface area contributed by atoms with Crippen LogP contribution in [0.1, 0.15) is 29.3 Å². The topological polar surface area (TPSA) is 76.2 Å². The average molecular weight is 246 g/mol. The first kappa shape index (κ1) is 12.3. The van der Waals surface area contributed by atoms with Crippen molar-refractivity contribution in [3.63, 3.8) is 0 Å². The van der Waals surface area contributed by atoms with Crippen molar-refractivity contribution < 1.29 is 14.4 Å². The number of hydrogen-bond donors (Lipinski definition) is 1. The van der Waals surface area contributed by atoms with E-state index in [2.05, 4.69) is 10.1 Å². The Morgan fingerprint density at radius 3 is 2.72 bits per heavy atom. The predicted molar refractivity (Wildman–Crippen MR) is 64.2 cm³/mol. The first-order valence-corrected chi connectivity index (χ1v) is 5.72. The molecule has 2 aromatic rings. The van der Waals surface area contributed by atoms with E-state index >= 15 is 0 Å². The van der Waals surface area contributed by atoms with Gasteiger partial charge in [0.05, 0.1) is 6.42 Å². The molecule has 0 saturated carbocycles. The zero-order chi connectivity index (χ0) is 13.0. The monoisotopic (exact) mass is 246 g/mol. The summed E-state index contributed by atoms with van der Waals surface area (Å²) in [7, 11) is 0. The highest BCUT2D eigenvalue weighted by atomic mass is 16.5. The Hall–Kier alpha value is -2.17. The van der Waals surface area contributed by atoms with Crippen molar-refractivity contribution in [2.24, 2.45) is 0 Å². The van der Waals surface area contributed by atoms with Gasteiger partial charge >= 0.3 is 5.97 Å². The van der Waals surface area contributed by atoms with E-state index in [0.29, 0.717) is 18.1 Å². The summed E-state index contributed by atoms with van der Waals surface area (Å²) in [5, 5.41) is 12.4. The van der Waals surface area contributed by atoms with Gasteiger partial charge < -0.3 is 9.63 Å². The molecule has 0 amide bonds. The third-order valence-electron chi connectivity index (χ3n) is 2.55. The van der Waals surface area contributed by atoms with E-state index in [1.807, 2.05) is 31.2 Å². The molecule has 1 N–H and O–H groups in total. The van der Waals surface area contributed by atoms with Crippen molar-refractivity contribution >= 4 is 5.97 Å². The number of hydrogen-bond acceptors (Lipinski definition) is 4. The standard InChI is InChI=1S/C13H14N2O3/c1-9-2-4-10(5-3-9)8-11-14-12(18-15-11)6-7-13(16)17/h2-5H,6-8H2,1H3,(H,16,17). The second-order valence-corrected chi connectivity index (χ2v) is 4.16. The van der Waals surface area contributed by atoms with Crippen molar-refractivity contribution in [1.82, 2.24) is 10.1 Å². The van der Waals surface area contributed by atoms with E-state index in [9.17, 15) is 4.79 Å². The smallest absolute Gasteiger partial charge is 0.303 e. The van der Waals surface area contributed by atoms with E-state index in [4.69, 9.17) is 9.63 Å². The van der Waals surface area contributed by atoms with E-state index in [1.54, 1.807) is 0 Å². The van der Waals surface area contributed by atoms with Crippen molar-refractivity contribution in [2.45, 2.75) is 26.2 Å². The number of carbonyl (C=O) groups is 1. The van der Waals surface area contributed by atoms with Gasteiger partial charge in [-0.2, -0.15) is 4.98 Å². The van der Waals surface area contributed by atoms with Crippen LogP contribution in [-0.4, -0.2) is 21.2 Å². The van der Waals surface area contributed by atoms with Gasteiger partial charge in [-0.15, -0.1) is 0 Å². The van der Waals surface area contributed by atoms with E-state index in [1.165, 1.54) is 5.56 Å². The maximum atomic E-state index is 10.4. The van der Waals surface area contributed by atoms with Crippen LogP contribution in [0.3, 0.4) is 0 Å². The van der Waals surface area contributed by atoms with Crippen LogP contribution in [0.4, 0.5) is 0 Å². The highest BCUT2D eigenvalue weighted by Crippen LogP contribution is 2.09. The first-order valence-electron chi connectivity index (χ1n) is 5.72. The molecule has 0 aliphatic rings. The van der Waals surface area contributed by atoms with Gasteiger partial charge in [0.15, 0.2) is 5.82 Å². The van der Waals surface area contributed by atoms with Gasteiger partial charge in [-0.05, 0) is 12.5 Å². The molecule has 0 fully saturated rings. The minimum Gasteiger partial charge on any atom is -0.481 e. The largest absolute Gasteiger partial charge is 0.481 e. The molecule has 0 atom stereocenters. The van der Waals surface area contributed by atoms with Crippen LogP contribution >= 0.6 is 0 Å². The molecule has 2 rings (SSSR count). The number of aryl methyl sites for hydroxylation is 2. The van der Waals surface area contributed by atoms with Gasteiger partial charge in [0.2, 0.25) is 5.89 Å². The molecule has 0 bridgehead atoms. The Morgan fingerprint density at radius 1 is 1.33 bits per heavy atom. The number of aliphatic carboxylic acids is 1. The zero-order valence-corrected chi connectivity index (χ0v) is 10.1. The van der Waals surface area contributed by atoms with Crippen LogP contribution in [0.15, 0.2) is 28.8 Å². The van der Waals surface area contributed by atoms with Crippen molar-refractivity contribution in [3.8, 4) is 0 Å². The summed E-state index contributed by atoms with van der Waals surface area (Å²) in [5.41, 5.74) is 2.31. The molecule has 0 spiro atoms. The number of nitrogens with zero attached hydrogens (tertiary/aromatic N) is 2. The SMILES string of the molecule is Cc1ccc(Cc2noc(CCC(=O)O)n2)cc1. The molecule has 5 heteroatoms. The number of carboxylic acid groups (broad SMARTS) is 1. The van der Waals surface area contributed by atoms with Crippen molar-refractivity contribution in [3.05, 3.63) is 47.1 Å². The molecule has 0 radical (unpaired) electrons. The molecule has 94 valence electrons. The van der Waals surface area contributed by atoms with Gasteiger partial charge in [0, 0.05) is 12.8 Å². The predicted octanol–water partition coefficient (Wildman–Crippen LogP) is 1.99. The second kappa shape index (κ2) is 5.44. The highest BCUT2D eigenvalue weighted by Gasteiger charge is 2.08. The molecule has 0 saturated heterocycles. The molecule has 1 aromatic heterocycles. The highest BCUT2D eigenvalue weighted by molar-refractivity contribution is 5.66. The van der Waals surface area contributed by atoms with Gasteiger partial charge in [0.1, 0.15) is 0 Å². The lowest BCUT2D eigenvalue weighted by Gasteiger charge is -1.97. The number of rotatable bonds is 5. The van der Waals surface area contributed by atoms with Gasteiger partial charge in [0.25, 0.3) is 0 Å². The Balaban J connectivity index is 1.97. The van der Waals surface area contributed by atoms with Crippen LogP contribution in [0.25, 0.3) is 0 Å². The van der Waals surface area contributed by atoms with Gasteiger partial charge in [-0.3, -0.25) is 4.79 Å². The molecule has 0 aliphatic heterocycles. The molecule has 5 nitrogen and oxygen atoms in total. The maximum absolute atomic E-state index is 10.4. The lowest BCUT2D eigenvalue weighted by molar-refractivity contribution is -0.137. The molecule has 0 unspecified atom stereocenters. The Morgan fingerprint density at radius 2 is 2.06 bits per heavy atom. The van der Waals surface area contributed by atoms with Gasteiger partial charge in [-0.25, -0.2) is 0 Å². The quantitative estimate of drug-likeness (QED) is 0.873. The lowest BCUT2D eigenvalue weighted by atomic mass is 10.1. The molecule has 1 heterocycles. The lowest BCUT2D eigenvalue weighted by Crippen LogP contribution is -1.98. The third-order valence-corrected chi connectivity index (χ3v) is 2.55. The summed E-state index contributed by atoms with van der Waals surface area (Å²) in [6.07, 6.45) is 0.874. The fraction of sp³-hybridized carbons (Fsp3) is 0.308. The molecule has 18 heavy (non-hydrogen) atoms. The molecule has 0 aliphatic carbocycles. The summed E-state index contributed by atoms with van der Waals surface area (Å²) in [5.74, 6) is 0.0899.